The molecule has 1 unspecified atom stereocenters. The van der Waals surface area contributed by atoms with Gasteiger partial charge in [-0.3, -0.25) is 4.79 Å². The molecule has 1 fully saturated rings. The summed E-state index contributed by atoms with van der Waals surface area (Å²) >= 11 is 0. The molecule has 0 aliphatic heterocycles. The van der Waals surface area contributed by atoms with Gasteiger partial charge in [0.2, 0.25) is 5.91 Å². The molecule has 3 nitrogen and oxygen atoms in total. The summed E-state index contributed by atoms with van der Waals surface area (Å²) in [5, 5.41) is 3.02. The second kappa shape index (κ2) is 7.13. The fraction of sp³-hybridized carbons (Fsp3) is 0.917. The topological polar surface area (TPSA) is 55.1 Å². The van der Waals surface area contributed by atoms with Crippen LogP contribution in [-0.2, 0) is 4.79 Å². The summed E-state index contributed by atoms with van der Waals surface area (Å²) in [6.07, 6.45) is 6.78. The summed E-state index contributed by atoms with van der Waals surface area (Å²) < 4.78 is 0. The van der Waals surface area contributed by atoms with E-state index >= 15 is 0 Å². The molecule has 1 aliphatic rings. The SMILES string of the molecule is CCCC1(CNC(=O)CC(C)N)CCC1.Cl. The van der Waals surface area contributed by atoms with Crippen molar-refractivity contribution in [2.75, 3.05) is 6.54 Å². The Morgan fingerprint density at radius 2 is 2.12 bits per heavy atom. The van der Waals surface area contributed by atoms with E-state index in [4.69, 9.17) is 5.73 Å². The molecule has 1 saturated carbocycles. The number of rotatable bonds is 6. The summed E-state index contributed by atoms with van der Waals surface area (Å²) in [5.41, 5.74) is 6.00. The van der Waals surface area contributed by atoms with Gasteiger partial charge in [0.15, 0.2) is 0 Å². The molecule has 4 heteroatoms. The van der Waals surface area contributed by atoms with Crippen LogP contribution in [-0.4, -0.2) is 18.5 Å². The number of hydrogen-bond donors (Lipinski definition) is 2. The van der Waals surface area contributed by atoms with Crippen molar-refractivity contribution in [1.82, 2.24) is 5.32 Å². The van der Waals surface area contributed by atoms with Crippen molar-refractivity contribution in [1.29, 1.82) is 0 Å². The van der Waals surface area contributed by atoms with Crippen LogP contribution >= 0.6 is 12.4 Å². The summed E-state index contributed by atoms with van der Waals surface area (Å²) in [5.74, 6) is 0.104. The second-order valence-corrected chi connectivity index (χ2v) is 5.06. The van der Waals surface area contributed by atoms with Gasteiger partial charge in [0.25, 0.3) is 0 Å². The molecular weight excluding hydrogens is 224 g/mol. The predicted molar refractivity (Wildman–Crippen MR) is 69.7 cm³/mol. The molecule has 16 heavy (non-hydrogen) atoms. The predicted octanol–water partition coefficient (Wildman–Crippen LogP) is 2.23. The summed E-state index contributed by atoms with van der Waals surface area (Å²) in [4.78, 5) is 11.5. The van der Waals surface area contributed by atoms with Crippen LogP contribution in [0.2, 0.25) is 0 Å². The van der Waals surface area contributed by atoms with Crippen LogP contribution in [0.1, 0.15) is 52.4 Å². The molecule has 0 aromatic rings. The quantitative estimate of drug-likeness (QED) is 0.758. The van der Waals surface area contributed by atoms with Crippen molar-refractivity contribution < 1.29 is 4.79 Å². The third-order valence-corrected chi connectivity index (χ3v) is 3.36. The lowest BCUT2D eigenvalue weighted by atomic mass is 9.66. The Morgan fingerprint density at radius 3 is 2.50 bits per heavy atom. The van der Waals surface area contributed by atoms with Crippen LogP contribution in [0.15, 0.2) is 0 Å². The number of nitrogens with one attached hydrogen (secondary N) is 1. The van der Waals surface area contributed by atoms with E-state index in [9.17, 15) is 4.79 Å². The zero-order chi connectivity index (χ0) is 11.3. The summed E-state index contributed by atoms with van der Waals surface area (Å²) in [7, 11) is 0. The summed E-state index contributed by atoms with van der Waals surface area (Å²) in [6.45, 7) is 4.93. The van der Waals surface area contributed by atoms with Crippen LogP contribution in [0.5, 0.6) is 0 Å². The van der Waals surface area contributed by atoms with E-state index in [2.05, 4.69) is 12.2 Å². The van der Waals surface area contributed by atoms with Crippen LogP contribution in [0.4, 0.5) is 0 Å². The maximum atomic E-state index is 11.5. The zero-order valence-corrected chi connectivity index (χ0v) is 11.2. The van der Waals surface area contributed by atoms with E-state index in [1.54, 1.807) is 0 Å². The standard InChI is InChI=1S/C12H24N2O.ClH/c1-3-5-12(6-4-7-12)9-14-11(15)8-10(2)13;/h10H,3-9,13H2,1-2H3,(H,14,15);1H. The number of nitrogens with two attached hydrogens (primary N) is 1. The molecule has 1 atom stereocenters. The molecular formula is C12H25ClN2O. The third-order valence-electron chi connectivity index (χ3n) is 3.36. The lowest BCUT2D eigenvalue weighted by Crippen LogP contribution is -2.43. The first kappa shape index (κ1) is 15.7. The Hall–Kier alpha value is -0.280. The van der Waals surface area contributed by atoms with E-state index in [1.165, 1.54) is 32.1 Å². The molecule has 0 aromatic heterocycles. The highest BCUT2D eigenvalue weighted by Crippen LogP contribution is 2.44. The van der Waals surface area contributed by atoms with Gasteiger partial charge in [0.1, 0.15) is 0 Å². The highest BCUT2D eigenvalue weighted by Gasteiger charge is 2.35. The molecule has 1 aliphatic carbocycles. The lowest BCUT2D eigenvalue weighted by Gasteiger charge is -2.42. The Kier molecular flexibility index (Phi) is 7.00. The normalized spacial score (nSPS) is 19.2. The van der Waals surface area contributed by atoms with Crippen molar-refractivity contribution in [2.24, 2.45) is 11.1 Å². The Bertz CT molecular complexity index is 215. The Labute approximate surface area is 105 Å². The molecule has 0 radical (unpaired) electrons. The molecule has 0 spiro atoms. The van der Waals surface area contributed by atoms with Gasteiger partial charge < -0.3 is 11.1 Å². The molecule has 0 saturated heterocycles. The fourth-order valence-electron chi connectivity index (χ4n) is 2.37. The molecule has 3 N–H and O–H groups in total. The molecule has 1 amide bonds. The van der Waals surface area contributed by atoms with E-state index in [0.717, 1.165) is 6.54 Å². The van der Waals surface area contributed by atoms with Crippen molar-refractivity contribution >= 4 is 18.3 Å². The largest absolute Gasteiger partial charge is 0.355 e. The minimum Gasteiger partial charge on any atom is -0.355 e. The van der Waals surface area contributed by atoms with E-state index in [1.807, 2.05) is 6.92 Å². The second-order valence-electron chi connectivity index (χ2n) is 5.06. The van der Waals surface area contributed by atoms with Gasteiger partial charge >= 0.3 is 0 Å². The van der Waals surface area contributed by atoms with Crippen molar-refractivity contribution in [3.63, 3.8) is 0 Å². The van der Waals surface area contributed by atoms with E-state index in [0.29, 0.717) is 11.8 Å². The monoisotopic (exact) mass is 248 g/mol. The van der Waals surface area contributed by atoms with Crippen LogP contribution in [0, 0.1) is 5.41 Å². The Balaban J connectivity index is 0.00000225. The summed E-state index contributed by atoms with van der Waals surface area (Å²) in [6, 6.07) is -0.0338. The fourth-order valence-corrected chi connectivity index (χ4v) is 2.37. The number of halogens is 1. The van der Waals surface area contributed by atoms with Gasteiger partial charge in [-0.15, -0.1) is 12.4 Å². The lowest BCUT2D eigenvalue weighted by molar-refractivity contribution is -0.122. The smallest absolute Gasteiger partial charge is 0.221 e. The van der Waals surface area contributed by atoms with Crippen LogP contribution in [0.25, 0.3) is 0 Å². The Morgan fingerprint density at radius 1 is 1.50 bits per heavy atom. The average Bonchev–Trinajstić information content (AvgIpc) is 2.08. The maximum absolute atomic E-state index is 11.5. The van der Waals surface area contributed by atoms with Gasteiger partial charge in [0, 0.05) is 19.0 Å². The van der Waals surface area contributed by atoms with E-state index < -0.39 is 0 Å². The van der Waals surface area contributed by atoms with Gasteiger partial charge in [0.05, 0.1) is 0 Å². The maximum Gasteiger partial charge on any atom is 0.221 e. The van der Waals surface area contributed by atoms with Crippen molar-refractivity contribution in [2.45, 2.75) is 58.4 Å². The first-order valence-electron chi connectivity index (χ1n) is 6.10. The molecule has 0 bridgehead atoms. The number of carbonyl (C=O) groups excluding carboxylic acids is 1. The first-order valence-corrected chi connectivity index (χ1v) is 6.10. The van der Waals surface area contributed by atoms with Gasteiger partial charge in [-0.25, -0.2) is 0 Å². The van der Waals surface area contributed by atoms with Crippen LogP contribution < -0.4 is 11.1 Å². The molecule has 96 valence electrons. The van der Waals surface area contributed by atoms with Gasteiger partial charge in [-0.05, 0) is 31.6 Å². The van der Waals surface area contributed by atoms with Crippen molar-refractivity contribution in [3.05, 3.63) is 0 Å². The minimum absolute atomic E-state index is 0. The highest BCUT2D eigenvalue weighted by atomic mass is 35.5. The minimum atomic E-state index is -0.0338. The van der Waals surface area contributed by atoms with Gasteiger partial charge in [-0.1, -0.05) is 19.8 Å². The molecule has 0 aromatic carbocycles. The van der Waals surface area contributed by atoms with E-state index in [-0.39, 0.29) is 24.4 Å². The van der Waals surface area contributed by atoms with Gasteiger partial charge in [-0.2, -0.15) is 0 Å². The zero-order valence-electron chi connectivity index (χ0n) is 10.4. The highest BCUT2D eigenvalue weighted by molar-refractivity contribution is 5.85. The number of hydrogen-bond acceptors (Lipinski definition) is 2. The number of carbonyl (C=O) groups is 1. The van der Waals surface area contributed by atoms with Crippen molar-refractivity contribution in [3.8, 4) is 0 Å². The van der Waals surface area contributed by atoms with Crippen LogP contribution in [0.3, 0.4) is 0 Å². The average molecular weight is 249 g/mol. The molecule has 1 rings (SSSR count). The molecule has 0 heterocycles. The number of amides is 1. The third kappa shape index (κ3) is 4.71. The first-order chi connectivity index (χ1) is 7.08.